The molecule has 1 atom stereocenters. The molecule has 3 rings (SSSR count). The summed E-state index contributed by atoms with van der Waals surface area (Å²) in [5, 5.41) is 5.66. The van der Waals surface area contributed by atoms with E-state index in [4.69, 9.17) is 4.74 Å². The minimum atomic E-state index is 0.242. The molecular weight excluding hydrogens is 164 g/mol. The monoisotopic (exact) mass is 174 g/mol. The maximum atomic E-state index is 5.24. The first-order valence-corrected chi connectivity index (χ1v) is 4.39. The van der Waals surface area contributed by atoms with Crippen molar-refractivity contribution in [1.29, 1.82) is 0 Å². The van der Waals surface area contributed by atoms with Gasteiger partial charge in [0, 0.05) is 12.4 Å². The Balaban J connectivity index is 2.34. The fourth-order valence-corrected chi connectivity index (χ4v) is 1.69. The summed E-state index contributed by atoms with van der Waals surface area (Å²) in [7, 11) is 1.97. The summed E-state index contributed by atoms with van der Waals surface area (Å²) in [5.74, 6) is 0. The Morgan fingerprint density at radius 3 is 3.00 bits per heavy atom. The highest BCUT2D eigenvalue weighted by molar-refractivity contribution is 5.82. The van der Waals surface area contributed by atoms with Crippen LogP contribution in [-0.2, 0) is 11.8 Å². The van der Waals surface area contributed by atoms with Gasteiger partial charge in [0.2, 0.25) is 0 Å². The molecule has 2 heterocycles. The topological polar surface area (TPSA) is 30.4 Å². The van der Waals surface area contributed by atoms with Crippen LogP contribution in [0.25, 0.3) is 10.9 Å². The smallest absolute Gasteiger partial charge is 0.125 e. The van der Waals surface area contributed by atoms with Crippen molar-refractivity contribution in [3.8, 4) is 0 Å². The van der Waals surface area contributed by atoms with Crippen LogP contribution < -0.4 is 0 Å². The van der Waals surface area contributed by atoms with Crippen LogP contribution >= 0.6 is 0 Å². The third kappa shape index (κ3) is 0.971. The second-order valence-corrected chi connectivity index (χ2v) is 3.35. The van der Waals surface area contributed by atoms with Gasteiger partial charge in [0.1, 0.15) is 11.8 Å². The Labute approximate surface area is 75.9 Å². The molecule has 1 aliphatic rings. The molecule has 1 aromatic carbocycles. The number of hydrogen-bond acceptors (Lipinski definition) is 2. The molecule has 3 heteroatoms. The van der Waals surface area contributed by atoms with Crippen molar-refractivity contribution >= 4 is 10.9 Å². The molecule has 0 N–H and O–H groups in total. The van der Waals surface area contributed by atoms with Gasteiger partial charge < -0.3 is 4.74 Å². The first kappa shape index (κ1) is 7.09. The fraction of sp³-hybridized carbons (Fsp3) is 0.300. The van der Waals surface area contributed by atoms with Gasteiger partial charge in [-0.15, -0.1) is 0 Å². The van der Waals surface area contributed by atoms with Crippen LogP contribution in [0.15, 0.2) is 24.3 Å². The van der Waals surface area contributed by atoms with Crippen molar-refractivity contribution in [2.45, 2.75) is 6.10 Å². The molecule has 2 aromatic rings. The highest BCUT2D eigenvalue weighted by Gasteiger charge is 2.29. The first-order chi connectivity index (χ1) is 6.36. The zero-order chi connectivity index (χ0) is 8.84. The van der Waals surface area contributed by atoms with Gasteiger partial charge >= 0.3 is 0 Å². The van der Waals surface area contributed by atoms with Gasteiger partial charge in [0.25, 0.3) is 0 Å². The summed E-state index contributed by atoms with van der Waals surface area (Å²) < 4.78 is 7.15. The molecule has 66 valence electrons. The van der Waals surface area contributed by atoms with Gasteiger partial charge in [-0.2, -0.15) is 5.10 Å². The normalized spacial score (nSPS) is 20.8. The van der Waals surface area contributed by atoms with Crippen molar-refractivity contribution in [2.75, 3.05) is 6.61 Å². The lowest BCUT2D eigenvalue weighted by atomic mass is 10.2. The van der Waals surface area contributed by atoms with Crippen LogP contribution in [0.3, 0.4) is 0 Å². The lowest BCUT2D eigenvalue weighted by molar-refractivity contribution is 0.411. The standard InChI is InChI=1S/C10H10N2O/c1-12-8-5-3-2-4-7(8)10(11-12)9-6-13-9/h2-5,9H,6H2,1H3. The van der Waals surface area contributed by atoms with Crippen LogP contribution in [0.4, 0.5) is 0 Å². The molecule has 13 heavy (non-hydrogen) atoms. The number of nitrogens with zero attached hydrogens (tertiary/aromatic N) is 2. The fourth-order valence-electron chi connectivity index (χ4n) is 1.69. The van der Waals surface area contributed by atoms with E-state index in [0.29, 0.717) is 0 Å². The lowest BCUT2D eigenvalue weighted by Crippen LogP contribution is -1.90. The molecule has 0 radical (unpaired) electrons. The average molecular weight is 174 g/mol. The highest BCUT2D eigenvalue weighted by Crippen LogP contribution is 2.33. The van der Waals surface area contributed by atoms with Crippen molar-refractivity contribution in [2.24, 2.45) is 7.05 Å². The van der Waals surface area contributed by atoms with Gasteiger partial charge in [-0.1, -0.05) is 18.2 Å². The molecule has 1 aromatic heterocycles. The number of ether oxygens (including phenoxy) is 1. The molecule has 0 aliphatic carbocycles. The number of epoxide rings is 1. The molecular formula is C10H10N2O. The molecule has 0 saturated carbocycles. The van der Waals surface area contributed by atoms with Gasteiger partial charge in [0.15, 0.2) is 0 Å². The molecule has 1 aliphatic heterocycles. The number of rotatable bonds is 1. The van der Waals surface area contributed by atoms with Gasteiger partial charge in [-0.3, -0.25) is 4.68 Å². The van der Waals surface area contributed by atoms with Gasteiger partial charge in [-0.25, -0.2) is 0 Å². The minimum absolute atomic E-state index is 0.242. The Bertz CT molecular complexity index is 457. The predicted molar refractivity (Wildman–Crippen MR) is 49.4 cm³/mol. The largest absolute Gasteiger partial charge is 0.366 e. The molecule has 1 fully saturated rings. The van der Waals surface area contributed by atoms with E-state index in [-0.39, 0.29) is 6.10 Å². The van der Waals surface area contributed by atoms with Crippen molar-refractivity contribution in [3.05, 3.63) is 30.0 Å². The summed E-state index contributed by atoms with van der Waals surface area (Å²) in [5.41, 5.74) is 2.26. The van der Waals surface area contributed by atoms with Crippen LogP contribution in [0, 0.1) is 0 Å². The summed E-state index contributed by atoms with van der Waals surface area (Å²) in [4.78, 5) is 0. The average Bonchev–Trinajstić information content (AvgIpc) is 2.94. The summed E-state index contributed by atoms with van der Waals surface area (Å²) in [6.45, 7) is 0.820. The molecule has 0 amide bonds. The Hall–Kier alpha value is -1.35. The van der Waals surface area contributed by atoms with Crippen LogP contribution in [-0.4, -0.2) is 16.4 Å². The van der Waals surface area contributed by atoms with E-state index < -0.39 is 0 Å². The highest BCUT2D eigenvalue weighted by atomic mass is 16.6. The SMILES string of the molecule is Cn1nc(C2CO2)c2ccccc21. The quantitative estimate of drug-likeness (QED) is 0.615. The maximum absolute atomic E-state index is 5.24. The minimum Gasteiger partial charge on any atom is -0.366 e. The van der Waals surface area contributed by atoms with Crippen molar-refractivity contribution < 1.29 is 4.74 Å². The number of fused-ring (bicyclic) bond motifs is 1. The third-order valence-corrected chi connectivity index (χ3v) is 2.42. The van der Waals surface area contributed by atoms with Crippen molar-refractivity contribution in [1.82, 2.24) is 9.78 Å². The second-order valence-electron chi connectivity index (χ2n) is 3.35. The molecule has 1 unspecified atom stereocenters. The first-order valence-electron chi connectivity index (χ1n) is 4.39. The maximum Gasteiger partial charge on any atom is 0.125 e. The lowest BCUT2D eigenvalue weighted by Gasteiger charge is -1.90. The van der Waals surface area contributed by atoms with Crippen LogP contribution in [0.2, 0.25) is 0 Å². The second kappa shape index (κ2) is 2.33. The van der Waals surface area contributed by atoms with E-state index in [1.54, 1.807) is 0 Å². The molecule has 0 spiro atoms. The number of aryl methyl sites for hydroxylation is 1. The number of para-hydroxylation sites is 1. The van der Waals surface area contributed by atoms with Crippen LogP contribution in [0.5, 0.6) is 0 Å². The zero-order valence-electron chi connectivity index (χ0n) is 7.40. The van der Waals surface area contributed by atoms with Crippen LogP contribution in [0.1, 0.15) is 11.8 Å². The number of aromatic nitrogens is 2. The van der Waals surface area contributed by atoms with Gasteiger partial charge in [0.05, 0.1) is 12.1 Å². The Morgan fingerprint density at radius 2 is 2.23 bits per heavy atom. The molecule has 3 nitrogen and oxygen atoms in total. The number of benzene rings is 1. The Kier molecular flexibility index (Phi) is 1.27. The van der Waals surface area contributed by atoms with E-state index in [9.17, 15) is 0 Å². The van der Waals surface area contributed by atoms with E-state index in [0.717, 1.165) is 12.3 Å². The van der Waals surface area contributed by atoms with Crippen molar-refractivity contribution in [3.63, 3.8) is 0 Å². The Morgan fingerprint density at radius 1 is 1.46 bits per heavy atom. The van der Waals surface area contributed by atoms with E-state index in [1.807, 2.05) is 23.9 Å². The third-order valence-electron chi connectivity index (χ3n) is 2.42. The number of hydrogen-bond donors (Lipinski definition) is 0. The molecule has 0 bridgehead atoms. The van der Waals surface area contributed by atoms with Gasteiger partial charge in [-0.05, 0) is 6.07 Å². The zero-order valence-corrected chi connectivity index (χ0v) is 7.40. The summed E-state index contributed by atoms with van der Waals surface area (Å²) in [6, 6.07) is 8.24. The van der Waals surface area contributed by atoms with E-state index in [1.165, 1.54) is 10.9 Å². The summed E-state index contributed by atoms with van der Waals surface area (Å²) >= 11 is 0. The predicted octanol–water partition coefficient (Wildman–Crippen LogP) is 1.64. The molecule has 1 saturated heterocycles. The summed E-state index contributed by atoms with van der Waals surface area (Å²) in [6.07, 6.45) is 0.242. The van der Waals surface area contributed by atoms with E-state index in [2.05, 4.69) is 17.2 Å². The van der Waals surface area contributed by atoms with E-state index >= 15 is 0 Å².